The van der Waals surface area contributed by atoms with Crippen LogP contribution in [0, 0.1) is 10.1 Å². The lowest BCUT2D eigenvalue weighted by atomic mass is 10.0. The topological polar surface area (TPSA) is 146 Å². The predicted octanol–water partition coefficient (Wildman–Crippen LogP) is 5.06. The van der Waals surface area contributed by atoms with Crippen molar-refractivity contribution in [2.24, 2.45) is 5.73 Å². The number of hydrogen-bond donors (Lipinski definition) is 1. The molecule has 1 fully saturated rings. The number of primary amides is 1. The van der Waals surface area contributed by atoms with Gasteiger partial charge in [-0.2, -0.15) is 0 Å². The molecular weight excluding hydrogens is 528 g/mol. The smallest absolute Gasteiger partial charge is 0.410 e. The molecule has 2 aromatic carbocycles. The number of amides is 2. The van der Waals surface area contributed by atoms with Gasteiger partial charge < -0.3 is 25.0 Å². The van der Waals surface area contributed by atoms with Crippen molar-refractivity contribution in [1.82, 2.24) is 14.7 Å². The van der Waals surface area contributed by atoms with E-state index >= 15 is 0 Å². The predicted molar refractivity (Wildman–Crippen MR) is 154 cm³/mol. The van der Waals surface area contributed by atoms with Crippen molar-refractivity contribution < 1.29 is 24.0 Å². The normalized spacial score (nSPS) is 13.9. The van der Waals surface area contributed by atoms with E-state index in [1.165, 1.54) is 4.68 Å². The van der Waals surface area contributed by atoms with Crippen molar-refractivity contribution in [3.63, 3.8) is 0 Å². The van der Waals surface area contributed by atoms with Gasteiger partial charge in [0.1, 0.15) is 17.1 Å². The molecule has 0 saturated carbocycles. The first kappa shape index (κ1) is 29.1. The van der Waals surface area contributed by atoms with Gasteiger partial charge in [-0.1, -0.05) is 24.3 Å². The lowest BCUT2D eigenvalue weighted by Gasteiger charge is -2.38. The van der Waals surface area contributed by atoms with Crippen LogP contribution in [-0.4, -0.2) is 62.9 Å². The molecule has 3 aromatic rings. The minimum absolute atomic E-state index is 0.00373. The number of nitro groups is 1. The summed E-state index contributed by atoms with van der Waals surface area (Å²) < 4.78 is 12.5. The SMILES string of the molecule is C=CCN(c1nn(-c2ccc(Oc3ccccc3)cc2)c(C(N)=O)c1[N+](=O)[O-])C1CCN(C(=O)OC(C)(C)C)CC1. The Labute approximate surface area is 238 Å². The van der Waals surface area contributed by atoms with E-state index in [1.807, 2.05) is 30.3 Å². The number of nitrogens with zero attached hydrogens (tertiary/aromatic N) is 5. The molecule has 12 nitrogen and oxygen atoms in total. The summed E-state index contributed by atoms with van der Waals surface area (Å²) in [5, 5.41) is 16.9. The van der Waals surface area contributed by atoms with Gasteiger partial charge in [0.25, 0.3) is 5.91 Å². The number of carbonyl (C=O) groups is 2. The highest BCUT2D eigenvalue weighted by molar-refractivity contribution is 5.98. The Morgan fingerprint density at radius 2 is 1.73 bits per heavy atom. The second kappa shape index (κ2) is 12.1. The molecule has 4 rings (SSSR count). The Balaban J connectivity index is 1.65. The number of carbonyl (C=O) groups excluding carboxylic acids is 2. The van der Waals surface area contributed by atoms with Gasteiger partial charge in [-0.25, -0.2) is 9.48 Å². The second-order valence-electron chi connectivity index (χ2n) is 10.6. The van der Waals surface area contributed by atoms with E-state index < -0.39 is 28.2 Å². The van der Waals surface area contributed by atoms with Gasteiger partial charge in [-0.15, -0.1) is 11.7 Å². The minimum atomic E-state index is -0.988. The summed E-state index contributed by atoms with van der Waals surface area (Å²) in [7, 11) is 0. The van der Waals surface area contributed by atoms with Crippen molar-refractivity contribution in [2.75, 3.05) is 24.5 Å². The fourth-order valence-electron chi connectivity index (χ4n) is 4.68. The molecule has 2 amide bonds. The van der Waals surface area contributed by atoms with Gasteiger partial charge in [-0.05, 0) is 70.0 Å². The summed E-state index contributed by atoms with van der Waals surface area (Å²) in [4.78, 5) is 40.1. The highest BCUT2D eigenvalue weighted by Crippen LogP contribution is 2.36. The molecule has 1 aliphatic rings. The molecule has 1 aromatic heterocycles. The summed E-state index contributed by atoms with van der Waals surface area (Å²) >= 11 is 0. The Bertz CT molecular complexity index is 1410. The van der Waals surface area contributed by atoms with E-state index in [2.05, 4.69) is 11.7 Å². The quantitative estimate of drug-likeness (QED) is 0.216. The van der Waals surface area contributed by atoms with Crippen LogP contribution in [-0.2, 0) is 4.74 Å². The maximum Gasteiger partial charge on any atom is 0.410 e. The average Bonchev–Trinajstić information content (AvgIpc) is 3.33. The van der Waals surface area contributed by atoms with Crippen molar-refractivity contribution in [1.29, 1.82) is 0 Å². The molecule has 0 atom stereocenters. The van der Waals surface area contributed by atoms with E-state index in [1.54, 1.807) is 60.9 Å². The van der Waals surface area contributed by atoms with Crippen molar-refractivity contribution in [2.45, 2.75) is 45.3 Å². The molecule has 41 heavy (non-hydrogen) atoms. The Morgan fingerprint density at radius 1 is 1.12 bits per heavy atom. The van der Waals surface area contributed by atoms with Crippen LogP contribution in [0.25, 0.3) is 5.69 Å². The third kappa shape index (κ3) is 6.83. The number of hydrogen-bond acceptors (Lipinski definition) is 8. The van der Waals surface area contributed by atoms with Crippen molar-refractivity contribution in [3.05, 3.63) is 83.1 Å². The standard InChI is InChI=1S/C29H34N6O6/c1-5-17-33(20-15-18-32(19-16-20)28(37)41-29(2,3)4)27-25(35(38)39)24(26(30)36)34(31-27)21-11-13-23(14-12-21)40-22-9-7-6-8-10-22/h5-14,20H,1,15-19H2,2-4H3,(H2,30,36). The van der Waals surface area contributed by atoms with E-state index in [0.717, 1.165) is 0 Å². The van der Waals surface area contributed by atoms with Gasteiger partial charge in [0, 0.05) is 25.7 Å². The second-order valence-corrected chi connectivity index (χ2v) is 10.6. The molecule has 0 radical (unpaired) electrons. The molecule has 0 bridgehead atoms. The molecule has 0 unspecified atom stereocenters. The van der Waals surface area contributed by atoms with Gasteiger partial charge in [0.2, 0.25) is 11.5 Å². The molecule has 0 spiro atoms. The van der Waals surface area contributed by atoms with Gasteiger partial charge >= 0.3 is 11.8 Å². The van der Waals surface area contributed by atoms with E-state index in [-0.39, 0.29) is 24.1 Å². The molecule has 1 saturated heterocycles. The van der Waals surface area contributed by atoms with Crippen LogP contribution in [0.3, 0.4) is 0 Å². The fourth-order valence-corrected chi connectivity index (χ4v) is 4.68. The van der Waals surface area contributed by atoms with E-state index in [0.29, 0.717) is 43.1 Å². The van der Waals surface area contributed by atoms with Crippen LogP contribution < -0.4 is 15.4 Å². The average molecular weight is 563 g/mol. The monoisotopic (exact) mass is 562 g/mol. The zero-order valence-electron chi connectivity index (χ0n) is 23.4. The van der Waals surface area contributed by atoms with E-state index in [4.69, 9.17) is 15.2 Å². The fraction of sp³-hybridized carbons (Fsp3) is 0.345. The molecule has 2 heterocycles. The number of aromatic nitrogens is 2. The zero-order valence-corrected chi connectivity index (χ0v) is 23.4. The summed E-state index contributed by atoms with van der Waals surface area (Å²) in [6.07, 6.45) is 2.23. The maximum absolute atomic E-state index is 12.6. The van der Waals surface area contributed by atoms with Crippen LogP contribution >= 0.6 is 0 Å². The number of likely N-dealkylation sites (tertiary alicyclic amines) is 1. The number of rotatable bonds is 9. The third-order valence-corrected chi connectivity index (χ3v) is 6.47. The van der Waals surface area contributed by atoms with Gasteiger partial charge in [0.05, 0.1) is 10.6 Å². The molecule has 12 heteroatoms. The Morgan fingerprint density at radius 3 is 2.27 bits per heavy atom. The minimum Gasteiger partial charge on any atom is -0.457 e. The van der Waals surface area contributed by atoms with E-state index in [9.17, 15) is 19.7 Å². The Kier molecular flexibility index (Phi) is 8.60. The van der Waals surface area contributed by atoms with Crippen LogP contribution in [0.5, 0.6) is 11.5 Å². The molecular formula is C29H34N6O6. The lowest BCUT2D eigenvalue weighted by molar-refractivity contribution is -0.384. The van der Waals surface area contributed by atoms with Crippen LogP contribution in [0.2, 0.25) is 0 Å². The zero-order chi connectivity index (χ0) is 29.7. The lowest BCUT2D eigenvalue weighted by Crippen LogP contribution is -2.48. The number of para-hydroxylation sites is 1. The number of ether oxygens (including phenoxy) is 2. The third-order valence-electron chi connectivity index (χ3n) is 6.47. The first-order valence-corrected chi connectivity index (χ1v) is 13.2. The molecule has 0 aliphatic carbocycles. The first-order valence-electron chi connectivity index (χ1n) is 13.2. The van der Waals surface area contributed by atoms with Crippen molar-refractivity contribution in [3.8, 4) is 17.2 Å². The van der Waals surface area contributed by atoms with Gasteiger partial charge in [0.15, 0.2) is 0 Å². The van der Waals surface area contributed by atoms with Crippen LogP contribution in [0.1, 0.15) is 44.1 Å². The molecule has 1 aliphatic heterocycles. The van der Waals surface area contributed by atoms with Gasteiger partial charge in [-0.3, -0.25) is 14.9 Å². The number of anilines is 1. The number of benzene rings is 2. The Hall–Kier alpha value is -4.87. The summed E-state index contributed by atoms with van der Waals surface area (Å²) in [6, 6.07) is 15.6. The first-order chi connectivity index (χ1) is 19.5. The number of nitrogens with two attached hydrogens (primary N) is 1. The molecule has 216 valence electrons. The van der Waals surface area contributed by atoms with Crippen molar-refractivity contribution >= 4 is 23.5 Å². The summed E-state index contributed by atoms with van der Waals surface area (Å²) in [6.45, 7) is 10.2. The summed E-state index contributed by atoms with van der Waals surface area (Å²) in [5.41, 5.74) is 4.61. The van der Waals surface area contributed by atoms with Crippen LogP contribution in [0.15, 0.2) is 67.3 Å². The maximum atomic E-state index is 12.6. The number of piperidine rings is 1. The van der Waals surface area contributed by atoms with Crippen LogP contribution in [0.4, 0.5) is 16.3 Å². The highest BCUT2D eigenvalue weighted by Gasteiger charge is 2.38. The largest absolute Gasteiger partial charge is 0.457 e. The molecule has 2 N–H and O–H groups in total. The summed E-state index contributed by atoms with van der Waals surface area (Å²) in [5.74, 6) is 0.197. The highest BCUT2D eigenvalue weighted by atomic mass is 16.6.